The summed E-state index contributed by atoms with van der Waals surface area (Å²) in [6.45, 7) is 1.77. The minimum atomic E-state index is -0.811. The Morgan fingerprint density at radius 1 is 1.77 bits per heavy atom. The molecule has 5 nitrogen and oxygen atoms in total. The van der Waals surface area contributed by atoms with Gasteiger partial charge in [-0.3, -0.25) is 9.48 Å². The van der Waals surface area contributed by atoms with E-state index >= 15 is 0 Å². The summed E-state index contributed by atoms with van der Waals surface area (Å²) in [6.07, 6.45) is 1.70. The van der Waals surface area contributed by atoms with E-state index in [1.54, 1.807) is 16.9 Å². The molecule has 2 rings (SSSR count). The number of hydrogen-bond acceptors (Lipinski definition) is 3. The summed E-state index contributed by atoms with van der Waals surface area (Å²) >= 11 is 0. The third kappa shape index (κ3) is 1.55. The van der Waals surface area contributed by atoms with Crippen molar-refractivity contribution >= 4 is 5.97 Å². The van der Waals surface area contributed by atoms with Gasteiger partial charge in [-0.1, -0.05) is 0 Å². The van der Waals surface area contributed by atoms with Gasteiger partial charge < -0.3 is 10.4 Å². The molecule has 5 heteroatoms. The highest BCUT2D eigenvalue weighted by molar-refractivity contribution is 5.69. The SMILES string of the molecule is O=C(O)Cc1ccnn1C1CNC1. The predicted molar refractivity (Wildman–Crippen MR) is 45.5 cm³/mol. The average Bonchev–Trinajstić information content (AvgIpc) is 2.32. The van der Waals surface area contributed by atoms with Crippen LogP contribution in [0.15, 0.2) is 12.3 Å². The van der Waals surface area contributed by atoms with Gasteiger partial charge in [0.15, 0.2) is 0 Å². The van der Waals surface area contributed by atoms with Gasteiger partial charge in [-0.2, -0.15) is 5.10 Å². The van der Waals surface area contributed by atoms with Crippen molar-refractivity contribution in [3.63, 3.8) is 0 Å². The van der Waals surface area contributed by atoms with Crippen molar-refractivity contribution in [3.05, 3.63) is 18.0 Å². The number of aromatic nitrogens is 2. The Labute approximate surface area is 75.4 Å². The highest BCUT2D eigenvalue weighted by atomic mass is 16.4. The predicted octanol–water partition coefficient (Wildman–Crippen LogP) is -0.346. The number of aliphatic carboxylic acids is 1. The number of rotatable bonds is 3. The van der Waals surface area contributed by atoms with E-state index in [0.717, 1.165) is 18.8 Å². The molecule has 0 spiro atoms. The zero-order valence-electron chi connectivity index (χ0n) is 7.10. The average molecular weight is 181 g/mol. The van der Waals surface area contributed by atoms with Gasteiger partial charge >= 0.3 is 5.97 Å². The van der Waals surface area contributed by atoms with Crippen molar-refractivity contribution in [3.8, 4) is 0 Å². The van der Waals surface area contributed by atoms with E-state index in [1.165, 1.54) is 0 Å². The van der Waals surface area contributed by atoms with Crippen LogP contribution in [0.2, 0.25) is 0 Å². The van der Waals surface area contributed by atoms with Crippen molar-refractivity contribution in [1.29, 1.82) is 0 Å². The van der Waals surface area contributed by atoms with E-state index in [-0.39, 0.29) is 6.42 Å². The molecule has 0 atom stereocenters. The standard InChI is InChI=1S/C8H11N3O2/c12-8(13)3-6-1-2-10-11(6)7-4-9-5-7/h1-2,7,9H,3-5H2,(H,12,13). The molecule has 0 aliphatic carbocycles. The van der Waals surface area contributed by atoms with Gasteiger partial charge in [-0.05, 0) is 6.07 Å². The maximum Gasteiger partial charge on any atom is 0.309 e. The molecule has 0 unspecified atom stereocenters. The molecule has 13 heavy (non-hydrogen) atoms. The molecule has 2 heterocycles. The smallest absolute Gasteiger partial charge is 0.309 e. The van der Waals surface area contributed by atoms with Crippen LogP contribution in [0, 0.1) is 0 Å². The first-order valence-electron chi connectivity index (χ1n) is 4.22. The summed E-state index contributed by atoms with van der Waals surface area (Å²) in [7, 11) is 0. The molecule has 1 aliphatic heterocycles. The minimum absolute atomic E-state index is 0.0521. The molecule has 1 aromatic rings. The van der Waals surface area contributed by atoms with Crippen LogP contribution < -0.4 is 5.32 Å². The fourth-order valence-electron chi connectivity index (χ4n) is 1.41. The van der Waals surface area contributed by atoms with Crippen LogP contribution in [0.4, 0.5) is 0 Å². The first-order valence-corrected chi connectivity index (χ1v) is 4.22. The molecule has 0 bridgehead atoms. The van der Waals surface area contributed by atoms with Crippen molar-refractivity contribution in [1.82, 2.24) is 15.1 Å². The van der Waals surface area contributed by atoms with Crippen LogP contribution in [-0.2, 0) is 11.2 Å². The van der Waals surface area contributed by atoms with Crippen molar-refractivity contribution in [2.75, 3.05) is 13.1 Å². The fraction of sp³-hybridized carbons (Fsp3) is 0.500. The number of nitrogens with zero attached hydrogens (tertiary/aromatic N) is 2. The maximum atomic E-state index is 10.5. The lowest BCUT2D eigenvalue weighted by atomic mass is 10.2. The lowest BCUT2D eigenvalue weighted by Crippen LogP contribution is -2.44. The normalized spacial score (nSPS) is 16.9. The van der Waals surface area contributed by atoms with Crippen molar-refractivity contribution in [2.45, 2.75) is 12.5 Å². The summed E-state index contributed by atoms with van der Waals surface area (Å²) in [5.41, 5.74) is 0.777. The lowest BCUT2D eigenvalue weighted by molar-refractivity contribution is -0.136. The summed E-state index contributed by atoms with van der Waals surface area (Å²) < 4.78 is 1.80. The molecule has 2 N–H and O–H groups in total. The lowest BCUT2D eigenvalue weighted by Gasteiger charge is -2.28. The van der Waals surface area contributed by atoms with E-state index in [0.29, 0.717) is 6.04 Å². The number of nitrogens with one attached hydrogen (secondary N) is 1. The van der Waals surface area contributed by atoms with Gasteiger partial charge in [-0.15, -0.1) is 0 Å². The fourth-order valence-corrected chi connectivity index (χ4v) is 1.41. The van der Waals surface area contributed by atoms with E-state index < -0.39 is 5.97 Å². The van der Waals surface area contributed by atoms with E-state index in [2.05, 4.69) is 10.4 Å². The number of carboxylic acids is 1. The quantitative estimate of drug-likeness (QED) is 0.669. The van der Waals surface area contributed by atoms with Gasteiger partial charge in [0.05, 0.1) is 12.5 Å². The zero-order chi connectivity index (χ0) is 9.26. The number of carbonyl (C=O) groups is 1. The molecule has 0 radical (unpaired) electrons. The van der Waals surface area contributed by atoms with E-state index in [9.17, 15) is 4.79 Å². The van der Waals surface area contributed by atoms with Gasteiger partial charge in [0.1, 0.15) is 0 Å². The first-order chi connectivity index (χ1) is 6.27. The molecule has 1 aliphatic rings. The summed E-state index contributed by atoms with van der Waals surface area (Å²) in [5.74, 6) is -0.811. The van der Waals surface area contributed by atoms with Gasteiger partial charge in [0.2, 0.25) is 0 Å². The summed E-state index contributed by atoms with van der Waals surface area (Å²) in [4.78, 5) is 10.5. The number of hydrogen-bond donors (Lipinski definition) is 2. The number of carboxylic acid groups (broad SMARTS) is 1. The van der Waals surface area contributed by atoms with Gasteiger partial charge in [0.25, 0.3) is 0 Å². The highest BCUT2D eigenvalue weighted by Gasteiger charge is 2.21. The Bertz CT molecular complexity index is 317. The molecule has 1 aromatic heterocycles. The molecule has 70 valence electrons. The van der Waals surface area contributed by atoms with Crippen LogP contribution in [0.25, 0.3) is 0 Å². The third-order valence-electron chi connectivity index (χ3n) is 2.19. The molecule has 1 saturated heterocycles. The topological polar surface area (TPSA) is 67.1 Å². The van der Waals surface area contributed by atoms with Crippen LogP contribution in [0.3, 0.4) is 0 Å². The van der Waals surface area contributed by atoms with Gasteiger partial charge in [-0.25, -0.2) is 0 Å². The van der Waals surface area contributed by atoms with E-state index in [1.807, 2.05) is 0 Å². The van der Waals surface area contributed by atoms with Crippen molar-refractivity contribution in [2.24, 2.45) is 0 Å². The second kappa shape index (κ2) is 3.18. The molecular formula is C8H11N3O2. The van der Waals surface area contributed by atoms with Crippen LogP contribution in [0.5, 0.6) is 0 Å². The van der Waals surface area contributed by atoms with E-state index in [4.69, 9.17) is 5.11 Å². The Morgan fingerprint density at radius 2 is 2.54 bits per heavy atom. The summed E-state index contributed by atoms with van der Waals surface area (Å²) in [5, 5.41) is 15.9. The highest BCUT2D eigenvalue weighted by Crippen LogP contribution is 2.13. The molecular weight excluding hydrogens is 170 g/mol. The molecule has 0 saturated carbocycles. The van der Waals surface area contributed by atoms with Crippen LogP contribution >= 0.6 is 0 Å². The Morgan fingerprint density at radius 3 is 3.08 bits per heavy atom. The third-order valence-corrected chi connectivity index (χ3v) is 2.19. The first kappa shape index (κ1) is 8.25. The molecule has 1 fully saturated rings. The largest absolute Gasteiger partial charge is 0.481 e. The Hall–Kier alpha value is -1.36. The molecule has 0 amide bonds. The Kier molecular flexibility index (Phi) is 2.02. The van der Waals surface area contributed by atoms with Gasteiger partial charge in [0, 0.05) is 25.0 Å². The minimum Gasteiger partial charge on any atom is -0.481 e. The van der Waals surface area contributed by atoms with Crippen LogP contribution in [0.1, 0.15) is 11.7 Å². The second-order valence-electron chi connectivity index (χ2n) is 3.15. The van der Waals surface area contributed by atoms with Crippen LogP contribution in [-0.4, -0.2) is 33.9 Å². The molecule has 0 aromatic carbocycles. The maximum absolute atomic E-state index is 10.5. The summed E-state index contributed by atoms with van der Waals surface area (Å²) in [6, 6.07) is 2.09. The van der Waals surface area contributed by atoms with Crippen molar-refractivity contribution < 1.29 is 9.90 Å². The monoisotopic (exact) mass is 181 g/mol. The zero-order valence-corrected chi connectivity index (χ0v) is 7.10. The Balaban J connectivity index is 2.14. The second-order valence-corrected chi connectivity index (χ2v) is 3.15.